The van der Waals surface area contributed by atoms with Crippen LogP contribution in [-0.2, 0) is 19.6 Å². The van der Waals surface area contributed by atoms with Gasteiger partial charge in [0.15, 0.2) is 0 Å². The van der Waals surface area contributed by atoms with Gasteiger partial charge in [-0.2, -0.15) is 5.26 Å². The van der Waals surface area contributed by atoms with Gasteiger partial charge in [-0.05, 0) is 17.7 Å². The Bertz CT molecular complexity index is 597. The molecular weight excluding hydrogens is 228 g/mol. The lowest BCUT2D eigenvalue weighted by Gasteiger charge is -2.26. The molecule has 1 aliphatic heterocycles. The van der Waals surface area contributed by atoms with Crippen LogP contribution in [0.3, 0.4) is 0 Å². The van der Waals surface area contributed by atoms with Crippen LogP contribution in [0.4, 0.5) is 0 Å². The van der Waals surface area contributed by atoms with Gasteiger partial charge in [-0.15, -0.1) is 10.2 Å². The van der Waals surface area contributed by atoms with E-state index in [2.05, 4.69) is 30.7 Å². The number of fused-ring (bicyclic) bond motifs is 1. The summed E-state index contributed by atoms with van der Waals surface area (Å²) in [6.07, 6.45) is 3.45. The molecule has 0 radical (unpaired) electrons. The summed E-state index contributed by atoms with van der Waals surface area (Å²) >= 11 is 0. The fourth-order valence-electron chi connectivity index (χ4n) is 2.14. The fraction of sp³-hybridized carbons (Fsp3) is 0.333. The van der Waals surface area contributed by atoms with E-state index in [1.54, 1.807) is 12.5 Å². The summed E-state index contributed by atoms with van der Waals surface area (Å²) in [6.45, 7) is 3.49. The van der Waals surface area contributed by atoms with E-state index >= 15 is 0 Å². The highest BCUT2D eigenvalue weighted by Gasteiger charge is 2.17. The minimum absolute atomic E-state index is 0.465. The first kappa shape index (κ1) is 10.9. The molecule has 0 aliphatic carbocycles. The Morgan fingerprint density at radius 3 is 3.22 bits per heavy atom. The molecule has 0 atom stereocenters. The van der Waals surface area contributed by atoms with Crippen molar-refractivity contribution in [2.24, 2.45) is 0 Å². The molecule has 0 saturated heterocycles. The highest BCUT2D eigenvalue weighted by Crippen LogP contribution is 2.13. The molecule has 90 valence electrons. The Kier molecular flexibility index (Phi) is 2.74. The van der Waals surface area contributed by atoms with Crippen LogP contribution in [0.15, 0.2) is 24.7 Å². The molecule has 0 saturated carbocycles. The first-order valence-electron chi connectivity index (χ1n) is 5.79. The van der Waals surface area contributed by atoms with Crippen molar-refractivity contribution in [3.05, 3.63) is 41.7 Å². The molecule has 3 heterocycles. The van der Waals surface area contributed by atoms with Crippen LogP contribution in [0.25, 0.3) is 0 Å². The van der Waals surface area contributed by atoms with E-state index in [1.165, 1.54) is 0 Å². The van der Waals surface area contributed by atoms with E-state index in [1.807, 2.05) is 12.1 Å². The van der Waals surface area contributed by atoms with Crippen LogP contribution >= 0.6 is 0 Å². The highest BCUT2D eigenvalue weighted by molar-refractivity contribution is 5.25. The lowest BCUT2D eigenvalue weighted by Crippen LogP contribution is -2.33. The molecule has 18 heavy (non-hydrogen) atoms. The molecule has 3 rings (SSSR count). The standard InChI is InChI=1S/C12H12N6/c13-6-11-5-10(1-2-14-11)7-17-3-4-18-9-15-16-12(18)8-17/h1-2,5,9H,3-4,7-8H2. The average Bonchev–Trinajstić information content (AvgIpc) is 2.86. The molecule has 6 heteroatoms. The van der Waals surface area contributed by atoms with Crippen LogP contribution in [0.1, 0.15) is 17.1 Å². The van der Waals surface area contributed by atoms with Crippen LogP contribution < -0.4 is 0 Å². The summed E-state index contributed by atoms with van der Waals surface area (Å²) in [6, 6.07) is 5.84. The van der Waals surface area contributed by atoms with Crippen molar-refractivity contribution in [3.8, 4) is 6.07 Å². The normalized spacial score (nSPS) is 15.1. The van der Waals surface area contributed by atoms with Gasteiger partial charge in [0.2, 0.25) is 0 Å². The molecule has 0 unspecified atom stereocenters. The molecule has 0 N–H and O–H groups in total. The van der Waals surface area contributed by atoms with Crippen molar-refractivity contribution in [2.45, 2.75) is 19.6 Å². The van der Waals surface area contributed by atoms with Gasteiger partial charge >= 0.3 is 0 Å². The summed E-state index contributed by atoms with van der Waals surface area (Å²) in [5, 5.41) is 16.8. The third-order valence-electron chi connectivity index (χ3n) is 3.06. The Labute approximate surface area is 105 Å². The zero-order valence-corrected chi connectivity index (χ0v) is 9.82. The van der Waals surface area contributed by atoms with Crippen LogP contribution in [0, 0.1) is 11.3 Å². The second-order valence-corrected chi connectivity index (χ2v) is 4.31. The summed E-state index contributed by atoms with van der Waals surface area (Å²) in [5.74, 6) is 0.996. The van der Waals surface area contributed by atoms with Crippen molar-refractivity contribution in [1.29, 1.82) is 5.26 Å². The van der Waals surface area contributed by atoms with Crippen molar-refractivity contribution >= 4 is 0 Å². The fourth-order valence-corrected chi connectivity index (χ4v) is 2.14. The quantitative estimate of drug-likeness (QED) is 0.767. The first-order valence-corrected chi connectivity index (χ1v) is 5.79. The maximum atomic E-state index is 8.82. The Balaban J connectivity index is 1.73. The average molecular weight is 240 g/mol. The smallest absolute Gasteiger partial charge is 0.147 e. The number of hydrogen-bond donors (Lipinski definition) is 0. The number of nitrogens with zero attached hydrogens (tertiary/aromatic N) is 6. The molecule has 0 bridgehead atoms. The molecule has 0 amide bonds. The largest absolute Gasteiger partial charge is 0.315 e. The van der Waals surface area contributed by atoms with Gasteiger partial charge in [-0.25, -0.2) is 4.98 Å². The number of hydrogen-bond acceptors (Lipinski definition) is 5. The topological polar surface area (TPSA) is 70.6 Å². The summed E-state index contributed by atoms with van der Waals surface area (Å²) in [4.78, 5) is 6.26. The summed E-state index contributed by atoms with van der Waals surface area (Å²) in [5.41, 5.74) is 1.57. The van der Waals surface area contributed by atoms with Gasteiger partial charge in [-0.1, -0.05) is 0 Å². The van der Waals surface area contributed by atoms with Gasteiger partial charge in [0, 0.05) is 25.8 Å². The van der Waals surface area contributed by atoms with Crippen molar-refractivity contribution in [3.63, 3.8) is 0 Å². The van der Waals surface area contributed by atoms with E-state index in [-0.39, 0.29) is 0 Å². The Morgan fingerprint density at radius 2 is 2.33 bits per heavy atom. The Hall–Kier alpha value is -2.26. The molecular formula is C12H12N6. The minimum Gasteiger partial charge on any atom is -0.315 e. The van der Waals surface area contributed by atoms with Crippen LogP contribution in [-0.4, -0.2) is 31.2 Å². The SMILES string of the molecule is N#Cc1cc(CN2CCn3cnnc3C2)ccn1. The number of rotatable bonds is 2. The van der Waals surface area contributed by atoms with Gasteiger partial charge in [-0.3, -0.25) is 4.90 Å². The molecule has 0 fully saturated rings. The maximum absolute atomic E-state index is 8.82. The van der Waals surface area contributed by atoms with Crippen LogP contribution in [0.5, 0.6) is 0 Å². The van der Waals surface area contributed by atoms with E-state index in [0.29, 0.717) is 5.69 Å². The zero-order chi connectivity index (χ0) is 12.4. The molecule has 0 spiro atoms. The third-order valence-corrected chi connectivity index (χ3v) is 3.06. The zero-order valence-electron chi connectivity index (χ0n) is 9.82. The van der Waals surface area contributed by atoms with Crippen LogP contribution in [0.2, 0.25) is 0 Å². The lowest BCUT2D eigenvalue weighted by atomic mass is 10.2. The molecule has 2 aromatic rings. The van der Waals surface area contributed by atoms with Crippen molar-refractivity contribution in [2.75, 3.05) is 6.54 Å². The number of nitriles is 1. The molecule has 2 aromatic heterocycles. The third kappa shape index (κ3) is 2.08. The van der Waals surface area contributed by atoms with E-state index in [0.717, 1.165) is 37.6 Å². The van der Waals surface area contributed by atoms with Gasteiger partial charge in [0.05, 0.1) is 6.54 Å². The second kappa shape index (κ2) is 4.55. The summed E-state index contributed by atoms with van der Waals surface area (Å²) < 4.78 is 2.07. The van der Waals surface area contributed by atoms with E-state index in [9.17, 15) is 0 Å². The second-order valence-electron chi connectivity index (χ2n) is 4.31. The van der Waals surface area contributed by atoms with Crippen molar-refractivity contribution in [1.82, 2.24) is 24.6 Å². The van der Waals surface area contributed by atoms with Gasteiger partial charge < -0.3 is 4.57 Å². The monoisotopic (exact) mass is 240 g/mol. The lowest BCUT2D eigenvalue weighted by molar-refractivity contribution is 0.208. The van der Waals surface area contributed by atoms with Gasteiger partial charge in [0.25, 0.3) is 0 Å². The predicted octanol–water partition coefficient (Wildman–Crippen LogP) is 0.561. The van der Waals surface area contributed by atoms with Crippen molar-refractivity contribution < 1.29 is 0 Å². The van der Waals surface area contributed by atoms with E-state index < -0.39 is 0 Å². The highest BCUT2D eigenvalue weighted by atomic mass is 15.3. The number of pyridine rings is 1. The molecule has 6 nitrogen and oxygen atoms in total. The predicted molar refractivity (Wildman–Crippen MR) is 63.1 cm³/mol. The number of aromatic nitrogens is 4. The minimum atomic E-state index is 0.465. The summed E-state index contributed by atoms with van der Waals surface area (Å²) in [7, 11) is 0. The molecule has 0 aromatic carbocycles. The first-order chi connectivity index (χ1) is 8.85. The molecule has 1 aliphatic rings. The Morgan fingerprint density at radius 1 is 1.39 bits per heavy atom. The maximum Gasteiger partial charge on any atom is 0.147 e. The van der Waals surface area contributed by atoms with E-state index in [4.69, 9.17) is 5.26 Å². The van der Waals surface area contributed by atoms with Gasteiger partial charge in [0.1, 0.15) is 23.9 Å².